The fourth-order valence-corrected chi connectivity index (χ4v) is 3.94. The number of carbonyl (C=O) groups is 2. The maximum atomic E-state index is 12.6. The van der Waals surface area contributed by atoms with Crippen LogP contribution < -0.4 is 0 Å². The van der Waals surface area contributed by atoms with Crippen LogP contribution in [-0.4, -0.2) is 48.2 Å². The first-order valence-corrected chi connectivity index (χ1v) is 8.66. The summed E-state index contributed by atoms with van der Waals surface area (Å²) in [6, 6.07) is 9.38. The third-order valence-electron chi connectivity index (χ3n) is 5.11. The Morgan fingerprint density at radius 1 is 1.16 bits per heavy atom. The van der Waals surface area contributed by atoms with Crippen LogP contribution in [0.4, 0.5) is 0 Å². The molecule has 1 aromatic carbocycles. The maximum absolute atomic E-state index is 12.6. The third-order valence-corrected chi connectivity index (χ3v) is 5.11. The van der Waals surface area contributed by atoms with Gasteiger partial charge in [-0.25, -0.2) is 4.79 Å². The average Bonchev–Trinajstić information content (AvgIpc) is 2.79. The Morgan fingerprint density at radius 2 is 1.84 bits per heavy atom. The average molecular weight is 368 g/mol. The largest absolute Gasteiger partial charge is 0.463 e. The molecule has 2 aliphatic heterocycles. The van der Waals surface area contributed by atoms with Gasteiger partial charge in [0.2, 0.25) is 0 Å². The molecule has 25 heavy (non-hydrogen) atoms. The van der Waals surface area contributed by atoms with Crippen LogP contribution in [0.25, 0.3) is 0 Å². The highest BCUT2D eigenvalue weighted by Gasteiger charge is 2.51. The second kappa shape index (κ2) is 8.19. The lowest BCUT2D eigenvalue weighted by molar-refractivity contribution is -0.162. The van der Waals surface area contributed by atoms with E-state index in [1.54, 1.807) is 24.3 Å². The minimum atomic E-state index is -0.419. The first kappa shape index (κ1) is 19.7. The Balaban J connectivity index is 0.00000225. The highest BCUT2D eigenvalue weighted by Crippen LogP contribution is 2.40. The zero-order chi connectivity index (χ0) is 17.3. The highest BCUT2D eigenvalue weighted by atomic mass is 35.5. The number of fused-ring (bicyclic) bond motifs is 2. The molecule has 0 radical (unpaired) electrons. The Labute approximate surface area is 155 Å². The third kappa shape index (κ3) is 4.15. The normalized spacial score (nSPS) is 28.3. The van der Waals surface area contributed by atoms with Crippen molar-refractivity contribution in [1.82, 2.24) is 4.90 Å². The van der Waals surface area contributed by atoms with Gasteiger partial charge in [-0.2, -0.15) is 0 Å². The first-order valence-electron chi connectivity index (χ1n) is 8.66. The van der Waals surface area contributed by atoms with E-state index in [1.807, 2.05) is 27.0 Å². The van der Waals surface area contributed by atoms with E-state index in [4.69, 9.17) is 9.47 Å². The lowest BCUT2D eigenvalue weighted by Crippen LogP contribution is -2.54. The molecule has 4 atom stereocenters. The van der Waals surface area contributed by atoms with Crippen molar-refractivity contribution < 1.29 is 19.1 Å². The van der Waals surface area contributed by atoms with Crippen molar-refractivity contribution >= 4 is 24.3 Å². The van der Waals surface area contributed by atoms with Gasteiger partial charge in [-0.05, 0) is 45.9 Å². The van der Waals surface area contributed by atoms with E-state index in [-0.39, 0.29) is 36.5 Å². The van der Waals surface area contributed by atoms with Gasteiger partial charge in [0.05, 0.1) is 11.7 Å². The summed E-state index contributed by atoms with van der Waals surface area (Å²) >= 11 is 0. The zero-order valence-electron chi connectivity index (χ0n) is 14.9. The molecule has 2 heterocycles. The lowest BCUT2D eigenvalue weighted by atomic mass is 9.87. The van der Waals surface area contributed by atoms with Crippen molar-refractivity contribution in [3.05, 3.63) is 35.9 Å². The monoisotopic (exact) mass is 367 g/mol. The summed E-state index contributed by atoms with van der Waals surface area (Å²) in [4.78, 5) is 27.3. The Bertz CT molecular complexity index is 607. The number of rotatable bonds is 4. The number of carbonyl (C=O) groups excluding carboxylic acids is 2. The molecule has 6 heteroatoms. The molecule has 0 aliphatic carbocycles. The van der Waals surface area contributed by atoms with Gasteiger partial charge in [0, 0.05) is 18.5 Å². The quantitative estimate of drug-likeness (QED) is 0.765. The number of hydrogen-bond acceptors (Lipinski definition) is 5. The van der Waals surface area contributed by atoms with E-state index in [0.29, 0.717) is 18.0 Å². The van der Waals surface area contributed by atoms with Crippen LogP contribution in [-0.2, 0) is 14.3 Å². The molecule has 138 valence electrons. The van der Waals surface area contributed by atoms with Gasteiger partial charge in [-0.1, -0.05) is 18.2 Å². The SMILES string of the molecule is CC(C)OC(=O)C1C2CC[C@H](C[C@@H]1OC(=O)c1ccccc1)N2C.Cl. The van der Waals surface area contributed by atoms with Crippen molar-refractivity contribution in [3.8, 4) is 0 Å². The fraction of sp³-hybridized carbons (Fsp3) is 0.579. The fourth-order valence-electron chi connectivity index (χ4n) is 3.94. The summed E-state index contributed by atoms with van der Waals surface area (Å²) in [5.41, 5.74) is 0.514. The summed E-state index contributed by atoms with van der Waals surface area (Å²) < 4.78 is 11.2. The number of halogens is 1. The van der Waals surface area contributed by atoms with Gasteiger partial charge in [0.1, 0.15) is 12.0 Å². The number of nitrogens with zero attached hydrogens (tertiary/aromatic N) is 1. The van der Waals surface area contributed by atoms with E-state index in [9.17, 15) is 9.59 Å². The molecule has 5 nitrogen and oxygen atoms in total. The molecular weight excluding hydrogens is 342 g/mol. The van der Waals surface area contributed by atoms with Crippen LogP contribution in [0, 0.1) is 5.92 Å². The van der Waals surface area contributed by atoms with E-state index < -0.39 is 12.0 Å². The van der Waals surface area contributed by atoms with Crippen molar-refractivity contribution in [2.24, 2.45) is 5.92 Å². The van der Waals surface area contributed by atoms with Crippen LogP contribution in [0.15, 0.2) is 30.3 Å². The number of benzene rings is 1. The van der Waals surface area contributed by atoms with Gasteiger partial charge < -0.3 is 9.47 Å². The van der Waals surface area contributed by atoms with Gasteiger partial charge in [-0.3, -0.25) is 9.69 Å². The van der Waals surface area contributed by atoms with Crippen LogP contribution in [0.5, 0.6) is 0 Å². The molecule has 2 aliphatic rings. The Hall–Kier alpha value is -1.59. The molecule has 0 aromatic heterocycles. The van der Waals surface area contributed by atoms with E-state index in [1.165, 1.54) is 0 Å². The van der Waals surface area contributed by atoms with Crippen molar-refractivity contribution in [3.63, 3.8) is 0 Å². The van der Waals surface area contributed by atoms with Crippen LogP contribution in [0.2, 0.25) is 0 Å². The molecule has 0 spiro atoms. The molecule has 0 amide bonds. The lowest BCUT2D eigenvalue weighted by Gasteiger charge is -2.41. The molecular formula is C19H26ClNO4. The summed E-state index contributed by atoms with van der Waals surface area (Å²) in [6.45, 7) is 3.68. The van der Waals surface area contributed by atoms with Gasteiger partial charge in [0.15, 0.2) is 0 Å². The molecule has 2 fully saturated rings. The van der Waals surface area contributed by atoms with Crippen LogP contribution in [0.3, 0.4) is 0 Å². The first-order chi connectivity index (χ1) is 11.5. The van der Waals surface area contributed by atoms with Gasteiger partial charge in [-0.15, -0.1) is 12.4 Å². The molecule has 0 N–H and O–H groups in total. The van der Waals surface area contributed by atoms with Crippen molar-refractivity contribution in [2.45, 2.75) is 57.4 Å². The van der Waals surface area contributed by atoms with Crippen LogP contribution in [0.1, 0.15) is 43.5 Å². The summed E-state index contributed by atoms with van der Waals surface area (Å²) in [5.74, 6) is -1.04. The standard InChI is InChI=1S/C19H25NO4.ClH/c1-12(2)23-19(22)17-15-10-9-14(20(15)3)11-16(17)24-18(21)13-7-5-4-6-8-13;/h4-8,12,14-17H,9-11H2,1-3H3;1H/t14-,15?,16+,17?;/m1./s1. The maximum Gasteiger partial charge on any atom is 0.338 e. The van der Waals surface area contributed by atoms with Crippen LogP contribution >= 0.6 is 12.4 Å². The van der Waals surface area contributed by atoms with Crippen molar-refractivity contribution in [2.75, 3.05) is 7.05 Å². The number of hydrogen-bond donors (Lipinski definition) is 0. The van der Waals surface area contributed by atoms with Gasteiger partial charge in [0.25, 0.3) is 0 Å². The minimum Gasteiger partial charge on any atom is -0.463 e. The smallest absolute Gasteiger partial charge is 0.338 e. The predicted molar refractivity (Wildman–Crippen MR) is 96.8 cm³/mol. The van der Waals surface area contributed by atoms with Crippen molar-refractivity contribution in [1.29, 1.82) is 0 Å². The molecule has 2 unspecified atom stereocenters. The van der Waals surface area contributed by atoms with Gasteiger partial charge >= 0.3 is 11.9 Å². The number of piperidine rings is 1. The van der Waals surface area contributed by atoms with E-state index in [2.05, 4.69) is 4.90 Å². The topological polar surface area (TPSA) is 55.8 Å². The number of ether oxygens (including phenoxy) is 2. The Kier molecular flexibility index (Phi) is 6.47. The molecule has 0 saturated carbocycles. The highest BCUT2D eigenvalue weighted by molar-refractivity contribution is 5.89. The summed E-state index contributed by atoms with van der Waals surface area (Å²) in [7, 11) is 2.05. The molecule has 2 saturated heterocycles. The molecule has 3 rings (SSSR count). The molecule has 1 aromatic rings. The predicted octanol–water partition coefficient (Wildman–Crippen LogP) is 3.07. The molecule has 2 bridgehead atoms. The summed E-state index contributed by atoms with van der Waals surface area (Å²) in [6.07, 6.45) is 2.07. The van der Waals surface area contributed by atoms with E-state index in [0.717, 1.165) is 12.8 Å². The number of esters is 2. The Morgan fingerprint density at radius 3 is 2.48 bits per heavy atom. The second-order valence-corrected chi connectivity index (χ2v) is 7.02. The summed E-state index contributed by atoms with van der Waals surface area (Å²) in [5, 5.41) is 0. The minimum absolute atomic E-state index is 0. The zero-order valence-corrected chi connectivity index (χ0v) is 15.7. The van der Waals surface area contributed by atoms with E-state index >= 15 is 0 Å². The second-order valence-electron chi connectivity index (χ2n) is 7.02.